The first-order valence-electron chi connectivity index (χ1n) is 7.88. The highest BCUT2D eigenvalue weighted by atomic mass is 16.3. The highest BCUT2D eigenvalue weighted by Crippen LogP contribution is 2.30. The standard InChI is InChI=1S/C15H22N4O3/c20-13(5-8-18-7-1-2-14(18)21)17-11-3-4-12(15(11)22)19-9-6-16-10-19/h6,9-12,15,22H,1-5,7-8H2,(H,17,20)/t11-,12-,15-/m1/s1. The van der Waals surface area contributed by atoms with Crippen LogP contribution in [0.15, 0.2) is 18.7 Å². The molecule has 1 saturated heterocycles. The smallest absolute Gasteiger partial charge is 0.222 e. The van der Waals surface area contributed by atoms with Gasteiger partial charge in [-0.05, 0) is 19.3 Å². The Labute approximate surface area is 129 Å². The van der Waals surface area contributed by atoms with E-state index in [2.05, 4.69) is 10.3 Å². The molecule has 1 aliphatic heterocycles. The second-order valence-electron chi connectivity index (χ2n) is 6.05. The van der Waals surface area contributed by atoms with Gasteiger partial charge in [-0.25, -0.2) is 4.98 Å². The highest BCUT2D eigenvalue weighted by Gasteiger charge is 2.36. The van der Waals surface area contributed by atoms with E-state index in [-0.39, 0.29) is 23.9 Å². The number of nitrogens with one attached hydrogen (secondary N) is 1. The topological polar surface area (TPSA) is 87.5 Å². The number of aliphatic hydroxyl groups is 1. The van der Waals surface area contributed by atoms with E-state index < -0.39 is 6.10 Å². The number of aromatic nitrogens is 2. The van der Waals surface area contributed by atoms with Crippen molar-refractivity contribution < 1.29 is 14.7 Å². The van der Waals surface area contributed by atoms with Crippen LogP contribution >= 0.6 is 0 Å². The lowest BCUT2D eigenvalue weighted by molar-refractivity contribution is -0.128. The van der Waals surface area contributed by atoms with Crippen LogP contribution in [0, 0.1) is 0 Å². The molecule has 1 aliphatic carbocycles. The quantitative estimate of drug-likeness (QED) is 0.806. The number of carbonyl (C=O) groups is 2. The number of hydrogen-bond donors (Lipinski definition) is 2. The summed E-state index contributed by atoms with van der Waals surface area (Å²) < 4.78 is 1.89. The fraction of sp³-hybridized carbons (Fsp3) is 0.667. The number of amides is 2. The first-order valence-corrected chi connectivity index (χ1v) is 7.88. The van der Waals surface area contributed by atoms with Crippen LogP contribution in [0.2, 0.25) is 0 Å². The van der Waals surface area contributed by atoms with E-state index >= 15 is 0 Å². The van der Waals surface area contributed by atoms with Crippen LogP contribution in [0.25, 0.3) is 0 Å². The van der Waals surface area contributed by atoms with E-state index in [4.69, 9.17) is 0 Å². The molecule has 22 heavy (non-hydrogen) atoms. The molecular weight excluding hydrogens is 284 g/mol. The maximum Gasteiger partial charge on any atom is 0.222 e. The van der Waals surface area contributed by atoms with E-state index in [1.165, 1.54) is 0 Å². The number of rotatable bonds is 5. The number of likely N-dealkylation sites (tertiary alicyclic amines) is 1. The third-order valence-electron chi connectivity index (χ3n) is 4.61. The monoisotopic (exact) mass is 306 g/mol. The minimum absolute atomic E-state index is 0.0343. The van der Waals surface area contributed by atoms with Crippen LogP contribution in [0.5, 0.6) is 0 Å². The summed E-state index contributed by atoms with van der Waals surface area (Å²) in [5, 5.41) is 13.3. The zero-order valence-corrected chi connectivity index (χ0v) is 12.5. The number of imidazole rings is 1. The van der Waals surface area contributed by atoms with Gasteiger partial charge in [-0.2, -0.15) is 0 Å². The van der Waals surface area contributed by atoms with Crippen LogP contribution in [-0.2, 0) is 9.59 Å². The minimum atomic E-state index is -0.605. The van der Waals surface area contributed by atoms with E-state index in [0.29, 0.717) is 19.4 Å². The summed E-state index contributed by atoms with van der Waals surface area (Å²) in [6.45, 7) is 1.22. The average Bonchev–Trinajstić information content (AvgIpc) is 3.21. The summed E-state index contributed by atoms with van der Waals surface area (Å²) in [4.78, 5) is 29.3. The molecule has 0 spiro atoms. The fourth-order valence-corrected chi connectivity index (χ4v) is 3.36. The molecule has 1 aromatic rings. The van der Waals surface area contributed by atoms with Crippen LogP contribution in [-0.4, -0.2) is 56.6 Å². The lowest BCUT2D eigenvalue weighted by Gasteiger charge is -2.22. The molecule has 2 amide bonds. The second-order valence-corrected chi connectivity index (χ2v) is 6.05. The molecule has 2 aliphatic rings. The van der Waals surface area contributed by atoms with Crippen molar-refractivity contribution >= 4 is 11.8 Å². The van der Waals surface area contributed by atoms with E-state index in [0.717, 1.165) is 25.8 Å². The molecule has 2 N–H and O–H groups in total. The third-order valence-corrected chi connectivity index (χ3v) is 4.61. The lowest BCUT2D eigenvalue weighted by Crippen LogP contribution is -2.43. The predicted molar refractivity (Wildman–Crippen MR) is 78.9 cm³/mol. The van der Waals surface area contributed by atoms with Crippen molar-refractivity contribution in [3.05, 3.63) is 18.7 Å². The van der Waals surface area contributed by atoms with Gasteiger partial charge >= 0.3 is 0 Å². The predicted octanol–water partition coefficient (Wildman–Crippen LogP) is 0.0762. The summed E-state index contributed by atoms with van der Waals surface area (Å²) >= 11 is 0. The van der Waals surface area contributed by atoms with Gasteiger partial charge < -0.3 is 19.9 Å². The van der Waals surface area contributed by atoms with Gasteiger partial charge in [0.2, 0.25) is 11.8 Å². The van der Waals surface area contributed by atoms with Crippen LogP contribution in [0.1, 0.15) is 38.1 Å². The van der Waals surface area contributed by atoms with Crippen LogP contribution in [0.3, 0.4) is 0 Å². The Morgan fingerprint density at radius 2 is 2.32 bits per heavy atom. The summed E-state index contributed by atoms with van der Waals surface area (Å²) in [6, 6.07) is -0.262. The highest BCUT2D eigenvalue weighted by molar-refractivity contribution is 5.80. The zero-order valence-electron chi connectivity index (χ0n) is 12.5. The SMILES string of the molecule is O=C(CCN1CCCC1=O)N[C@@H]1CC[C@@H](n2ccnc2)[C@@H]1O. The van der Waals surface area contributed by atoms with Gasteiger partial charge in [0.15, 0.2) is 0 Å². The normalized spacial score (nSPS) is 28.3. The third kappa shape index (κ3) is 3.14. The molecule has 1 saturated carbocycles. The summed E-state index contributed by atoms with van der Waals surface area (Å²) in [5.41, 5.74) is 0. The maximum atomic E-state index is 12.0. The van der Waals surface area contributed by atoms with Crippen LogP contribution < -0.4 is 5.32 Å². The van der Waals surface area contributed by atoms with Gasteiger partial charge in [-0.1, -0.05) is 0 Å². The number of aliphatic hydroxyl groups excluding tert-OH is 1. The lowest BCUT2D eigenvalue weighted by atomic mass is 10.1. The van der Waals surface area contributed by atoms with Gasteiger partial charge in [0.25, 0.3) is 0 Å². The Kier molecular flexibility index (Phi) is 4.42. The van der Waals surface area contributed by atoms with Gasteiger partial charge in [0.05, 0.1) is 24.5 Å². The molecule has 2 heterocycles. The van der Waals surface area contributed by atoms with E-state index in [9.17, 15) is 14.7 Å². The zero-order chi connectivity index (χ0) is 15.5. The number of hydrogen-bond acceptors (Lipinski definition) is 4. The summed E-state index contributed by atoms with van der Waals surface area (Å²) in [7, 11) is 0. The van der Waals surface area contributed by atoms with Crippen molar-refractivity contribution in [1.29, 1.82) is 0 Å². The molecule has 120 valence electrons. The Bertz CT molecular complexity index is 531. The van der Waals surface area contributed by atoms with Gasteiger partial charge in [-0.3, -0.25) is 9.59 Å². The van der Waals surface area contributed by atoms with Gasteiger partial charge in [0.1, 0.15) is 0 Å². The first kappa shape index (κ1) is 15.0. The van der Waals surface area contributed by atoms with Crippen molar-refractivity contribution in [3.63, 3.8) is 0 Å². The number of carbonyl (C=O) groups excluding carboxylic acids is 2. The Hall–Kier alpha value is -1.89. The Balaban J connectivity index is 1.47. The molecule has 0 aromatic carbocycles. The number of nitrogens with zero attached hydrogens (tertiary/aromatic N) is 3. The molecule has 7 nitrogen and oxygen atoms in total. The van der Waals surface area contributed by atoms with Crippen molar-refractivity contribution in [2.75, 3.05) is 13.1 Å². The van der Waals surface area contributed by atoms with Gasteiger partial charge in [-0.15, -0.1) is 0 Å². The fourth-order valence-electron chi connectivity index (χ4n) is 3.36. The molecular formula is C15H22N4O3. The van der Waals surface area contributed by atoms with Crippen molar-refractivity contribution in [1.82, 2.24) is 19.8 Å². The molecule has 3 rings (SSSR count). The van der Waals surface area contributed by atoms with Gasteiger partial charge in [0, 0.05) is 38.3 Å². The van der Waals surface area contributed by atoms with Crippen molar-refractivity contribution in [3.8, 4) is 0 Å². The maximum absolute atomic E-state index is 12.0. The van der Waals surface area contributed by atoms with Crippen LogP contribution in [0.4, 0.5) is 0 Å². The van der Waals surface area contributed by atoms with Crippen molar-refractivity contribution in [2.45, 2.75) is 50.3 Å². The molecule has 2 fully saturated rings. The summed E-state index contributed by atoms with van der Waals surface area (Å²) in [5.74, 6) is 0.0314. The second kappa shape index (κ2) is 6.48. The minimum Gasteiger partial charge on any atom is -0.389 e. The Morgan fingerprint density at radius 3 is 3.00 bits per heavy atom. The van der Waals surface area contributed by atoms with E-state index in [1.807, 2.05) is 10.8 Å². The Morgan fingerprint density at radius 1 is 1.45 bits per heavy atom. The summed E-state index contributed by atoms with van der Waals surface area (Å²) in [6.07, 6.45) is 7.94. The molecule has 0 radical (unpaired) electrons. The molecule has 7 heteroatoms. The molecule has 1 aromatic heterocycles. The largest absolute Gasteiger partial charge is 0.389 e. The first-order chi connectivity index (χ1) is 10.6. The molecule has 3 atom stereocenters. The molecule has 0 bridgehead atoms. The van der Waals surface area contributed by atoms with E-state index in [1.54, 1.807) is 17.4 Å². The van der Waals surface area contributed by atoms with Crippen molar-refractivity contribution in [2.24, 2.45) is 0 Å². The molecule has 0 unspecified atom stereocenters. The average molecular weight is 306 g/mol.